The van der Waals surface area contributed by atoms with Crippen molar-refractivity contribution in [2.24, 2.45) is 7.05 Å². The van der Waals surface area contributed by atoms with Crippen molar-refractivity contribution in [2.75, 3.05) is 0 Å². The van der Waals surface area contributed by atoms with Crippen LogP contribution in [0.15, 0.2) is 29.3 Å². The Balaban J connectivity index is 2.13. The molecule has 2 aromatic rings. The number of Topliss-reactive ketones (excluding diaryl/α,β-unsaturated/α-hetero) is 1. The zero-order chi connectivity index (χ0) is 9.97. The van der Waals surface area contributed by atoms with E-state index >= 15 is 0 Å². The van der Waals surface area contributed by atoms with E-state index in [0.717, 1.165) is 0 Å². The summed E-state index contributed by atoms with van der Waals surface area (Å²) in [5, 5.41) is 3.88. The molecule has 0 aromatic carbocycles. The molecule has 0 amide bonds. The number of hydrogen-bond acceptors (Lipinski definition) is 4. The van der Waals surface area contributed by atoms with Gasteiger partial charge < -0.3 is 4.42 Å². The highest BCUT2D eigenvalue weighted by Gasteiger charge is 2.11. The maximum absolute atomic E-state index is 11.6. The fourth-order valence-electron chi connectivity index (χ4n) is 1.15. The van der Waals surface area contributed by atoms with Crippen molar-refractivity contribution < 1.29 is 9.21 Å². The molecular weight excluding hydrogens is 182 g/mol. The summed E-state index contributed by atoms with van der Waals surface area (Å²) in [5.41, 5.74) is 0.563. The van der Waals surface area contributed by atoms with Gasteiger partial charge in [-0.1, -0.05) is 0 Å². The maximum Gasteiger partial charge on any atom is 0.173 e. The van der Waals surface area contributed by atoms with Crippen LogP contribution in [0, 0.1) is 0 Å². The average molecular weight is 191 g/mol. The molecule has 5 nitrogen and oxygen atoms in total. The Morgan fingerprint density at radius 1 is 1.64 bits per heavy atom. The first kappa shape index (κ1) is 8.68. The normalized spacial score (nSPS) is 10.4. The van der Waals surface area contributed by atoms with E-state index in [1.807, 2.05) is 0 Å². The highest BCUT2D eigenvalue weighted by atomic mass is 16.3. The number of ketones is 1. The van der Waals surface area contributed by atoms with Crippen molar-refractivity contribution in [3.63, 3.8) is 0 Å². The number of carbonyl (C=O) groups is 1. The second kappa shape index (κ2) is 3.45. The van der Waals surface area contributed by atoms with E-state index in [-0.39, 0.29) is 12.2 Å². The first-order chi connectivity index (χ1) is 6.77. The van der Waals surface area contributed by atoms with Gasteiger partial charge in [0, 0.05) is 7.05 Å². The first-order valence-corrected chi connectivity index (χ1v) is 4.15. The third kappa shape index (κ3) is 1.56. The Kier molecular flexibility index (Phi) is 2.14. The van der Waals surface area contributed by atoms with Gasteiger partial charge >= 0.3 is 0 Å². The lowest BCUT2D eigenvalue weighted by atomic mass is 10.1. The second-order valence-corrected chi connectivity index (χ2v) is 2.91. The topological polar surface area (TPSA) is 60.9 Å². The zero-order valence-electron chi connectivity index (χ0n) is 7.67. The lowest BCUT2D eigenvalue weighted by molar-refractivity contribution is 0.0989. The number of hydrogen-bond donors (Lipinski definition) is 0. The molecule has 0 bridgehead atoms. The summed E-state index contributed by atoms with van der Waals surface area (Å²) < 4.78 is 6.40. The van der Waals surface area contributed by atoms with Gasteiger partial charge in [-0.05, 0) is 6.07 Å². The van der Waals surface area contributed by atoms with Crippen LogP contribution in [0.5, 0.6) is 0 Å². The van der Waals surface area contributed by atoms with E-state index in [4.69, 9.17) is 4.42 Å². The van der Waals surface area contributed by atoms with Gasteiger partial charge in [-0.2, -0.15) is 5.10 Å². The van der Waals surface area contributed by atoms with Gasteiger partial charge in [0.15, 0.2) is 5.78 Å². The predicted octanol–water partition coefficient (Wildman–Crippen LogP) is 0.834. The molecule has 0 radical (unpaired) electrons. The number of carbonyl (C=O) groups excluding carboxylic acids is 1. The molecule has 0 unspecified atom stereocenters. The Hall–Kier alpha value is -1.91. The molecule has 0 aliphatic rings. The van der Waals surface area contributed by atoms with Gasteiger partial charge in [-0.3, -0.25) is 9.48 Å². The SMILES string of the molecule is Cn1ncnc1CC(=O)c1ccoc1. The fourth-order valence-corrected chi connectivity index (χ4v) is 1.15. The van der Waals surface area contributed by atoms with Crippen LogP contribution in [0.3, 0.4) is 0 Å². The molecule has 2 aromatic heterocycles. The van der Waals surface area contributed by atoms with Gasteiger partial charge in [0.1, 0.15) is 18.4 Å². The second-order valence-electron chi connectivity index (χ2n) is 2.91. The van der Waals surface area contributed by atoms with E-state index < -0.39 is 0 Å². The maximum atomic E-state index is 11.6. The lowest BCUT2D eigenvalue weighted by Crippen LogP contribution is -2.08. The summed E-state index contributed by atoms with van der Waals surface area (Å²) in [6, 6.07) is 1.64. The molecule has 2 rings (SSSR count). The molecule has 0 aliphatic carbocycles. The van der Waals surface area contributed by atoms with Crippen LogP contribution < -0.4 is 0 Å². The smallest absolute Gasteiger partial charge is 0.173 e. The minimum absolute atomic E-state index is 0.0187. The van der Waals surface area contributed by atoms with Gasteiger partial charge in [-0.15, -0.1) is 0 Å². The van der Waals surface area contributed by atoms with Crippen molar-refractivity contribution in [1.29, 1.82) is 0 Å². The minimum Gasteiger partial charge on any atom is -0.472 e. The van der Waals surface area contributed by atoms with Crippen molar-refractivity contribution >= 4 is 5.78 Å². The Labute approximate surface area is 80.4 Å². The third-order valence-corrected chi connectivity index (χ3v) is 1.97. The van der Waals surface area contributed by atoms with E-state index in [9.17, 15) is 4.79 Å². The van der Waals surface area contributed by atoms with E-state index in [1.54, 1.807) is 17.8 Å². The molecule has 0 saturated carbocycles. The monoisotopic (exact) mass is 191 g/mol. The lowest BCUT2D eigenvalue weighted by Gasteiger charge is -1.96. The summed E-state index contributed by atoms with van der Waals surface area (Å²) in [6.45, 7) is 0. The van der Waals surface area contributed by atoms with E-state index in [2.05, 4.69) is 10.1 Å². The number of aryl methyl sites for hydroxylation is 1. The van der Waals surface area contributed by atoms with Crippen LogP contribution in [0.4, 0.5) is 0 Å². The fraction of sp³-hybridized carbons (Fsp3) is 0.222. The molecule has 2 heterocycles. The van der Waals surface area contributed by atoms with Crippen molar-refractivity contribution in [3.05, 3.63) is 36.3 Å². The third-order valence-electron chi connectivity index (χ3n) is 1.97. The molecule has 0 spiro atoms. The first-order valence-electron chi connectivity index (χ1n) is 4.15. The largest absolute Gasteiger partial charge is 0.472 e. The van der Waals surface area contributed by atoms with Crippen molar-refractivity contribution in [3.8, 4) is 0 Å². The minimum atomic E-state index is -0.0187. The highest BCUT2D eigenvalue weighted by molar-refractivity contribution is 5.96. The average Bonchev–Trinajstić information content (AvgIpc) is 2.77. The quantitative estimate of drug-likeness (QED) is 0.674. The van der Waals surface area contributed by atoms with Crippen LogP contribution in [0.2, 0.25) is 0 Å². The summed E-state index contributed by atoms with van der Waals surface area (Å²) >= 11 is 0. The van der Waals surface area contributed by atoms with Crippen LogP contribution in [-0.4, -0.2) is 20.5 Å². The number of aromatic nitrogens is 3. The molecule has 0 saturated heterocycles. The standard InChI is InChI=1S/C9H9N3O2/c1-12-9(10-6-11-12)4-8(13)7-2-3-14-5-7/h2-3,5-6H,4H2,1H3. The number of nitrogens with zero attached hydrogens (tertiary/aromatic N) is 3. The summed E-state index contributed by atoms with van der Waals surface area (Å²) in [6.07, 6.45) is 4.58. The van der Waals surface area contributed by atoms with E-state index in [1.165, 1.54) is 18.9 Å². The molecule has 0 atom stereocenters. The Morgan fingerprint density at radius 3 is 3.07 bits per heavy atom. The molecule has 5 heteroatoms. The summed E-state index contributed by atoms with van der Waals surface area (Å²) in [4.78, 5) is 15.6. The molecule has 0 fully saturated rings. The van der Waals surface area contributed by atoms with Crippen LogP contribution >= 0.6 is 0 Å². The Morgan fingerprint density at radius 2 is 2.50 bits per heavy atom. The molecule has 14 heavy (non-hydrogen) atoms. The number of rotatable bonds is 3. The van der Waals surface area contributed by atoms with Gasteiger partial charge in [-0.25, -0.2) is 4.98 Å². The van der Waals surface area contributed by atoms with Crippen molar-refractivity contribution in [1.82, 2.24) is 14.8 Å². The van der Waals surface area contributed by atoms with Gasteiger partial charge in [0.05, 0.1) is 18.2 Å². The molecule has 0 aliphatic heterocycles. The summed E-state index contributed by atoms with van der Waals surface area (Å²) in [5.74, 6) is 0.631. The highest BCUT2D eigenvalue weighted by Crippen LogP contribution is 2.05. The molecule has 0 N–H and O–H groups in total. The summed E-state index contributed by atoms with van der Waals surface area (Å²) in [7, 11) is 1.75. The van der Waals surface area contributed by atoms with Gasteiger partial charge in [0.25, 0.3) is 0 Å². The zero-order valence-corrected chi connectivity index (χ0v) is 7.67. The van der Waals surface area contributed by atoms with Gasteiger partial charge in [0.2, 0.25) is 0 Å². The van der Waals surface area contributed by atoms with Crippen molar-refractivity contribution in [2.45, 2.75) is 6.42 Å². The predicted molar refractivity (Wildman–Crippen MR) is 47.7 cm³/mol. The number of furan rings is 1. The molecule has 72 valence electrons. The van der Waals surface area contributed by atoms with Crippen LogP contribution in [-0.2, 0) is 13.5 Å². The van der Waals surface area contributed by atoms with E-state index in [0.29, 0.717) is 11.4 Å². The Bertz CT molecular complexity index is 431. The molecular formula is C9H9N3O2. The van der Waals surface area contributed by atoms with Crippen LogP contribution in [0.1, 0.15) is 16.2 Å². The van der Waals surface area contributed by atoms with Crippen LogP contribution in [0.25, 0.3) is 0 Å².